The molecule has 0 heterocycles. The van der Waals surface area contributed by atoms with Crippen molar-refractivity contribution in [3.05, 3.63) is 63.6 Å². The van der Waals surface area contributed by atoms with E-state index in [0.29, 0.717) is 17.1 Å². The number of hydrogen-bond acceptors (Lipinski definition) is 2. The summed E-state index contributed by atoms with van der Waals surface area (Å²) >= 11 is 9.38. The molecule has 0 bridgehead atoms. The summed E-state index contributed by atoms with van der Waals surface area (Å²) < 4.78 is 0.832. The molecule has 0 aliphatic carbocycles. The van der Waals surface area contributed by atoms with Crippen LogP contribution in [0.1, 0.15) is 10.4 Å². The molecular formula is C16H16BrClN2O. The SMILES string of the molecule is CN(CCNC(=O)c1cc(Br)ccc1Cl)c1ccccc1. The average Bonchev–Trinajstić information content (AvgIpc) is 2.50. The molecule has 21 heavy (non-hydrogen) atoms. The molecule has 0 saturated heterocycles. The van der Waals surface area contributed by atoms with Crippen molar-refractivity contribution in [2.45, 2.75) is 0 Å². The van der Waals surface area contributed by atoms with Crippen molar-refractivity contribution in [2.75, 3.05) is 25.0 Å². The van der Waals surface area contributed by atoms with Gasteiger partial charge < -0.3 is 10.2 Å². The van der Waals surface area contributed by atoms with E-state index >= 15 is 0 Å². The molecule has 3 nitrogen and oxygen atoms in total. The van der Waals surface area contributed by atoms with Crippen LogP contribution in [-0.2, 0) is 0 Å². The van der Waals surface area contributed by atoms with Crippen molar-refractivity contribution in [1.29, 1.82) is 0 Å². The van der Waals surface area contributed by atoms with Crippen molar-refractivity contribution < 1.29 is 4.79 Å². The fraction of sp³-hybridized carbons (Fsp3) is 0.188. The van der Waals surface area contributed by atoms with Crippen LogP contribution in [0.5, 0.6) is 0 Å². The summed E-state index contributed by atoms with van der Waals surface area (Å²) in [5, 5.41) is 3.33. The summed E-state index contributed by atoms with van der Waals surface area (Å²) in [4.78, 5) is 14.2. The minimum absolute atomic E-state index is 0.164. The third-order valence-electron chi connectivity index (χ3n) is 3.10. The van der Waals surface area contributed by atoms with E-state index in [4.69, 9.17) is 11.6 Å². The number of nitrogens with zero attached hydrogens (tertiary/aromatic N) is 1. The molecule has 0 fully saturated rings. The van der Waals surface area contributed by atoms with E-state index in [1.165, 1.54) is 0 Å². The number of likely N-dealkylation sites (N-methyl/N-ethyl adjacent to an activating group) is 1. The number of anilines is 1. The van der Waals surface area contributed by atoms with Gasteiger partial charge in [0.15, 0.2) is 0 Å². The molecule has 0 unspecified atom stereocenters. The van der Waals surface area contributed by atoms with E-state index in [9.17, 15) is 4.79 Å². The Hall–Kier alpha value is -1.52. The molecule has 0 saturated carbocycles. The lowest BCUT2D eigenvalue weighted by molar-refractivity contribution is 0.0955. The number of rotatable bonds is 5. The van der Waals surface area contributed by atoms with E-state index in [-0.39, 0.29) is 5.91 Å². The van der Waals surface area contributed by atoms with Gasteiger partial charge in [-0.25, -0.2) is 0 Å². The predicted molar refractivity (Wildman–Crippen MR) is 91.2 cm³/mol. The second-order valence-corrected chi connectivity index (χ2v) is 5.96. The maximum absolute atomic E-state index is 12.1. The summed E-state index contributed by atoms with van der Waals surface area (Å²) in [7, 11) is 1.99. The minimum atomic E-state index is -0.164. The fourth-order valence-electron chi connectivity index (χ4n) is 1.92. The first-order valence-electron chi connectivity index (χ1n) is 6.57. The Kier molecular flexibility index (Phi) is 5.65. The zero-order chi connectivity index (χ0) is 15.2. The van der Waals surface area contributed by atoms with Crippen LogP contribution >= 0.6 is 27.5 Å². The van der Waals surface area contributed by atoms with Crippen LogP contribution in [0.25, 0.3) is 0 Å². The van der Waals surface area contributed by atoms with Crippen LogP contribution in [0.15, 0.2) is 53.0 Å². The number of benzene rings is 2. The Labute approximate surface area is 138 Å². The van der Waals surface area contributed by atoms with Gasteiger partial charge in [-0.1, -0.05) is 45.7 Å². The van der Waals surface area contributed by atoms with Crippen molar-refractivity contribution >= 4 is 39.1 Å². The number of para-hydroxylation sites is 1. The summed E-state index contributed by atoms with van der Waals surface area (Å²) in [5.41, 5.74) is 1.60. The molecule has 0 spiro atoms. The first-order chi connectivity index (χ1) is 10.1. The summed E-state index contributed by atoms with van der Waals surface area (Å²) in [6.45, 7) is 1.27. The molecule has 2 aromatic rings. The largest absolute Gasteiger partial charge is 0.373 e. The molecule has 0 aromatic heterocycles. The molecule has 110 valence electrons. The molecular weight excluding hydrogens is 352 g/mol. The summed E-state index contributed by atoms with van der Waals surface area (Å²) in [6.07, 6.45) is 0. The average molecular weight is 368 g/mol. The van der Waals surface area contributed by atoms with Crippen LogP contribution in [0.2, 0.25) is 5.02 Å². The predicted octanol–water partition coefficient (Wildman–Crippen LogP) is 3.97. The molecule has 2 aromatic carbocycles. The van der Waals surface area contributed by atoms with Crippen molar-refractivity contribution in [3.63, 3.8) is 0 Å². The highest BCUT2D eigenvalue weighted by Gasteiger charge is 2.10. The molecule has 2 rings (SSSR count). The monoisotopic (exact) mass is 366 g/mol. The number of amides is 1. The topological polar surface area (TPSA) is 32.3 Å². The molecule has 5 heteroatoms. The standard InChI is InChI=1S/C16H16BrClN2O/c1-20(13-5-3-2-4-6-13)10-9-19-16(21)14-11-12(17)7-8-15(14)18/h2-8,11H,9-10H2,1H3,(H,19,21). The Bertz CT molecular complexity index is 619. The van der Waals surface area contributed by atoms with Crippen LogP contribution in [0.4, 0.5) is 5.69 Å². The van der Waals surface area contributed by atoms with E-state index < -0.39 is 0 Å². The van der Waals surface area contributed by atoms with Gasteiger partial charge in [-0.2, -0.15) is 0 Å². The fourth-order valence-corrected chi connectivity index (χ4v) is 2.48. The van der Waals surface area contributed by atoms with Gasteiger partial charge in [0, 0.05) is 30.3 Å². The second-order valence-electron chi connectivity index (χ2n) is 4.64. The molecule has 0 radical (unpaired) electrons. The Balaban J connectivity index is 1.88. The van der Waals surface area contributed by atoms with E-state index in [1.54, 1.807) is 12.1 Å². The maximum Gasteiger partial charge on any atom is 0.252 e. The molecule has 0 aliphatic rings. The zero-order valence-corrected chi connectivity index (χ0v) is 14.0. The lowest BCUT2D eigenvalue weighted by Gasteiger charge is -2.19. The zero-order valence-electron chi connectivity index (χ0n) is 11.6. The van der Waals surface area contributed by atoms with Gasteiger partial charge in [-0.15, -0.1) is 0 Å². The highest BCUT2D eigenvalue weighted by Crippen LogP contribution is 2.20. The Morgan fingerprint density at radius 1 is 1.24 bits per heavy atom. The van der Waals surface area contributed by atoms with E-state index in [2.05, 4.69) is 26.1 Å². The minimum Gasteiger partial charge on any atom is -0.373 e. The van der Waals surface area contributed by atoms with Crippen molar-refractivity contribution in [2.24, 2.45) is 0 Å². The van der Waals surface area contributed by atoms with Crippen LogP contribution < -0.4 is 10.2 Å². The van der Waals surface area contributed by atoms with E-state index in [0.717, 1.165) is 16.7 Å². The van der Waals surface area contributed by atoms with Gasteiger partial charge in [-0.3, -0.25) is 4.79 Å². The van der Waals surface area contributed by atoms with Gasteiger partial charge in [-0.05, 0) is 30.3 Å². The number of carbonyl (C=O) groups excluding carboxylic acids is 1. The molecule has 1 amide bonds. The van der Waals surface area contributed by atoms with Crippen LogP contribution in [0, 0.1) is 0 Å². The first-order valence-corrected chi connectivity index (χ1v) is 7.74. The third kappa shape index (κ3) is 4.48. The lowest BCUT2D eigenvalue weighted by Crippen LogP contribution is -2.33. The number of nitrogens with one attached hydrogen (secondary N) is 1. The van der Waals surface area contributed by atoms with E-state index in [1.807, 2.05) is 43.4 Å². The van der Waals surface area contributed by atoms with Crippen molar-refractivity contribution in [3.8, 4) is 0 Å². The normalized spacial score (nSPS) is 10.2. The smallest absolute Gasteiger partial charge is 0.252 e. The van der Waals surface area contributed by atoms with Gasteiger partial charge in [0.25, 0.3) is 5.91 Å². The third-order valence-corrected chi connectivity index (χ3v) is 3.93. The molecule has 1 N–H and O–H groups in total. The van der Waals surface area contributed by atoms with Gasteiger partial charge in [0.1, 0.15) is 0 Å². The number of carbonyl (C=O) groups is 1. The quantitative estimate of drug-likeness (QED) is 0.867. The van der Waals surface area contributed by atoms with Crippen LogP contribution in [0.3, 0.4) is 0 Å². The Morgan fingerprint density at radius 3 is 2.67 bits per heavy atom. The first kappa shape index (κ1) is 15.9. The summed E-state index contributed by atoms with van der Waals surface area (Å²) in [5.74, 6) is -0.164. The highest BCUT2D eigenvalue weighted by molar-refractivity contribution is 9.10. The van der Waals surface area contributed by atoms with Gasteiger partial charge >= 0.3 is 0 Å². The van der Waals surface area contributed by atoms with Crippen LogP contribution in [-0.4, -0.2) is 26.0 Å². The summed E-state index contributed by atoms with van der Waals surface area (Å²) in [6, 6.07) is 15.3. The van der Waals surface area contributed by atoms with Crippen molar-refractivity contribution in [1.82, 2.24) is 5.32 Å². The molecule has 0 atom stereocenters. The number of halogens is 2. The number of hydrogen-bond donors (Lipinski definition) is 1. The van der Waals surface area contributed by atoms with Gasteiger partial charge in [0.2, 0.25) is 0 Å². The molecule has 0 aliphatic heterocycles. The highest BCUT2D eigenvalue weighted by atomic mass is 79.9. The lowest BCUT2D eigenvalue weighted by atomic mass is 10.2. The maximum atomic E-state index is 12.1. The van der Waals surface area contributed by atoms with Gasteiger partial charge in [0.05, 0.1) is 10.6 Å². The second kappa shape index (κ2) is 7.48. The Morgan fingerprint density at radius 2 is 1.95 bits per heavy atom.